The molecule has 0 heterocycles. The average Bonchev–Trinajstić information content (AvgIpc) is 2.35. The first kappa shape index (κ1) is 15.0. The van der Waals surface area contributed by atoms with Gasteiger partial charge in [0, 0.05) is 10.5 Å². The van der Waals surface area contributed by atoms with Crippen LogP contribution in [0.1, 0.15) is 31.9 Å². The monoisotopic (exact) mass is 315 g/mol. The van der Waals surface area contributed by atoms with Crippen LogP contribution in [0.4, 0.5) is 0 Å². The number of halogens is 1. The first-order chi connectivity index (χ1) is 8.49. The summed E-state index contributed by atoms with van der Waals surface area (Å²) in [4.78, 5) is 11.3. The maximum atomic E-state index is 11.3. The van der Waals surface area contributed by atoms with Crippen molar-refractivity contribution in [1.82, 2.24) is 5.32 Å². The van der Waals surface area contributed by atoms with Gasteiger partial charge in [0.15, 0.2) is 0 Å². The van der Waals surface area contributed by atoms with Crippen LogP contribution in [0, 0.1) is 0 Å². The fraction of sp³-hybridized carbons (Fsp3) is 0.462. The molecule has 100 valence electrons. The van der Waals surface area contributed by atoms with Crippen LogP contribution in [0.2, 0.25) is 0 Å². The van der Waals surface area contributed by atoms with Gasteiger partial charge in [-0.15, -0.1) is 0 Å². The molecule has 0 aliphatic rings. The third-order valence-electron chi connectivity index (χ3n) is 2.83. The van der Waals surface area contributed by atoms with E-state index < -0.39 is 12.0 Å². The molecule has 0 aromatic heterocycles. The first-order valence-corrected chi connectivity index (χ1v) is 6.61. The van der Waals surface area contributed by atoms with Crippen LogP contribution in [0.25, 0.3) is 0 Å². The van der Waals surface area contributed by atoms with E-state index >= 15 is 0 Å². The lowest BCUT2D eigenvalue weighted by atomic mass is 10.1. The molecule has 0 spiro atoms. The molecule has 2 atom stereocenters. The van der Waals surface area contributed by atoms with Crippen LogP contribution in [0.15, 0.2) is 22.7 Å². The van der Waals surface area contributed by atoms with E-state index in [1.165, 1.54) is 0 Å². The quantitative estimate of drug-likeness (QED) is 0.847. The second-order valence-electron chi connectivity index (χ2n) is 4.13. The third-order valence-corrected chi connectivity index (χ3v) is 3.52. The van der Waals surface area contributed by atoms with Gasteiger partial charge in [0.05, 0.1) is 7.11 Å². The highest BCUT2D eigenvalue weighted by atomic mass is 79.9. The summed E-state index contributed by atoms with van der Waals surface area (Å²) < 4.78 is 5.82. The molecule has 1 aromatic carbocycles. The molecule has 0 fully saturated rings. The number of aliphatic carboxylic acids is 1. The maximum absolute atomic E-state index is 11.3. The highest BCUT2D eigenvalue weighted by molar-refractivity contribution is 9.10. The van der Waals surface area contributed by atoms with Crippen molar-refractivity contribution in [3.05, 3.63) is 28.2 Å². The van der Waals surface area contributed by atoms with Crippen LogP contribution in [0.5, 0.6) is 5.75 Å². The van der Waals surface area contributed by atoms with Crippen molar-refractivity contribution in [3.8, 4) is 5.75 Å². The lowest BCUT2D eigenvalue weighted by molar-refractivity contribution is -0.139. The molecule has 0 saturated carbocycles. The number of benzene rings is 1. The molecular weight excluding hydrogens is 298 g/mol. The molecule has 5 heteroatoms. The van der Waals surface area contributed by atoms with Gasteiger partial charge in [-0.1, -0.05) is 28.9 Å². The number of hydrogen-bond donors (Lipinski definition) is 2. The Hall–Kier alpha value is -1.07. The van der Waals surface area contributed by atoms with Crippen molar-refractivity contribution >= 4 is 21.9 Å². The van der Waals surface area contributed by atoms with Crippen LogP contribution < -0.4 is 10.1 Å². The summed E-state index contributed by atoms with van der Waals surface area (Å²) >= 11 is 3.39. The standard InChI is InChI=1S/C13H18BrNO3/c1-4-8(2)15-12(13(16)17)10-6-5-9(18-3)7-11(10)14/h5-8,12,15H,4H2,1-3H3,(H,16,17). The molecule has 18 heavy (non-hydrogen) atoms. The predicted molar refractivity (Wildman–Crippen MR) is 74.0 cm³/mol. The molecule has 0 bridgehead atoms. The maximum Gasteiger partial charge on any atom is 0.325 e. The Morgan fingerprint density at radius 2 is 2.22 bits per heavy atom. The zero-order chi connectivity index (χ0) is 13.7. The minimum atomic E-state index is -0.888. The zero-order valence-electron chi connectivity index (χ0n) is 10.7. The molecule has 0 amide bonds. The summed E-state index contributed by atoms with van der Waals surface area (Å²) in [6.45, 7) is 3.98. The molecule has 1 rings (SSSR count). The highest BCUT2D eigenvalue weighted by Gasteiger charge is 2.23. The van der Waals surface area contributed by atoms with E-state index in [0.717, 1.165) is 10.9 Å². The summed E-state index contributed by atoms with van der Waals surface area (Å²) in [5.74, 6) is -0.195. The first-order valence-electron chi connectivity index (χ1n) is 5.81. The Morgan fingerprint density at radius 3 is 2.67 bits per heavy atom. The van der Waals surface area contributed by atoms with Gasteiger partial charge in [-0.2, -0.15) is 0 Å². The molecule has 2 N–H and O–H groups in total. The second-order valence-corrected chi connectivity index (χ2v) is 4.99. The smallest absolute Gasteiger partial charge is 0.325 e. The molecule has 0 radical (unpaired) electrons. The molecule has 0 aliphatic heterocycles. The molecular formula is C13H18BrNO3. The van der Waals surface area contributed by atoms with Gasteiger partial charge in [-0.05, 0) is 31.0 Å². The fourth-order valence-corrected chi connectivity index (χ4v) is 2.15. The number of carbonyl (C=O) groups is 1. The fourth-order valence-electron chi connectivity index (χ4n) is 1.57. The molecule has 2 unspecified atom stereocenters. The van der Waals surface area contributed by atoms with Gasteiger partial charge in [-0.25, -0.2) is 0 Å². The number of ether oxygens (including phenoxy) is 1. The van der Waals surface area contributed by atoms with E-state index in [4.69, 9.17) is 4.74 Å². The molecule has 4 nitrogen and oxygen atoms in total. The number of methoxy groups -OCH3 is 1. The van der Waals surface area contributed by atoms with E-state index in [-0.39, 0.29) is 6.04 Å². The number of rotatable bonds is 6. The Labute approximate surface area is 115 Å². The predicted octanol–water partition coefficient (Wildman–Crippen LogP) is 2.97. The largest absolute Gasteiger partial charge is 0.497 e. The number of hydrogen-bond acceptors (Lipinski definition) is 3. The van der Waals surface area contributed by atoms with Crippen LogP contribution >= 0.6 is 15.9 Å². The third kappa shape index (κ3) is 3.71. The minimum absolute atomic E-state index is 0.139. The Balaban J connectivity index is 3.02. The van der Waals surface area contributed by atoms with E-state index in [2.05, 4.69) is 21.2 Å². The van der Waals surface area contributed by atoms with E-state index in [0.29, 0.717) is 11.3 Å². The van der Waals surface area contributed by atoms with Gasteiger partial charge in [0.25, 0.3) is 0 Å². The van der Waals surface area contributed by atoms with Crippen molar-refractivity contribution in [2.75, 3.05) is 7.11 Å². The average molecular weight is 316 g/mol. The molecule has 1 aromatic rings. The van der Waals surface area contributed by atoms with Crippen molar-refractivity contribution < 1.29 is 14.6 Å². The minimum Gasteiger partial charge on any atom is -0.497 e. The number of carboxylic acids is 1. The normalized spacial score (nSPS) is 14.0. The van der Waals surface area contributed by atoms with E-state index in [1.807, 2.05) is 13.8 Å². The van der Waals surface area contributed by atoms with Crippen LogP contribution in [0.3, 0.4) is 0 Å². The van der Waals surface area contributed by atoms with Crippen molar-refractivity contribution in [2.24, 2.45) is 0 Å². The summed E-state index contributed by atoms with van der Waals surface area (Å²) in [5, 5.41) is 12.4. The SMILES string of the molecule is CCC(C)NC(C(=O)O)c1ccc(OC)cc1Br. The lowest BCUT2D eigenvalue weighted by Crippen LogP contribution is -2.35. The van der Waals surface area contributed by atoms with E-state index in [1.54, 1.807) is 25.3 Å². The number of carboxylic acid groups (broad SMARTS) is 1. The Kier molecular flexibility index (Phi) is 5.62. The van der Waals surface area contributed by atoms with E-state index in [9.17, 15) is 9.90 Å². The van der Waals surface area contributed by atoms with Gasteiger partial charge in [-0.3, -0.25) is 10.1 Å². The van der Waals surface area contributed by atoms with Crippen molar-refractivity contribution in [1.29, 1.82) is 0 Å². The van der Waals surface area contributed by atoms with Gasteiger partial charge in [0.2, 0.25) is 0 Å². The topological polar surface area (TPSA) is 58.6 Å². The summed E-state index contributed by atoms with van der Waals surface area (Å²) in [6.07, 6.45) is 0.873. The van der Waals surface area contributed by atoms with Crippen molar-refractivity contribution in [3.63, 3.8) is 0 Å². The lowest BCUT2D eigenvalue weighted by Gasteiger charge is -2.20. The van der Waals surface area contributed by atoms with Gasteiger partial charge < -0.3 is 9.84 Å². The Morgan fingerprint density at radius 1 is 1.56 bits per heavy atom. The second kappa shape index (κ2) is 6.75. The van der Waals surface area contributed by atoms with Crippen LogP contribution in [-0.2, 0) is 4.79 Å². The van der Waals surface area contributed by atoms with Crippen LogP contribution in [-0.4, -0.2) is 24.2 Å². The van der Waals surface area contributed by atoms with Crippen molar-refractivity contribution in [2.45, 2.75) is 32.4 Å². The summed E-state index contributed by atoms with van der Waals surface area (Å²) in [6, 6.07) is 4.70. The Bertz CT molecular complexity index is 423. The van der Waals surface area contributed by atoms with Gasteiger partial charge >= 0.3 is 5.97 Å². The summed E-state index contributed by atoms with van der Waals surface area (Å²) in [7, 11) is 1.58. The molecule has 0 saturated heterocycles. The zero-order valence-corrected chi connectivity index (χ0v) is 12.3. The van der Waals surface area contributed by atoms with Gasteiger partial charge in [0.1, 0.15) is 11.8 Å². The number of nitrogens with one attached hydrogen (secondary N) is 1. The summed E-state index contributed by atoms with van der Waals surface area (Å²) in [5.41, 5.74) is 0.698. The molecule has 0 aliphatic carbocycles. The highest BCUT2D eigenvalue weighted by Crippen LogP contribution is 2.28.